The minimum absolute atomic E-state index is 0.0993. The lowest BCUT2D eigenvalue weighted by atomic mass is 10.6. The molecular formula is C6H12ClNO2S. The van der Waals surface area contributed by atoms with Crippen LogP contribution < -0.4 is 4.72 Å². The van der Waals surface area contributed by atoms with Crippen LogP contribution in [0.25, 0.3) is 0 Å². The summed E-state index contributed by atoms with van der Waals surface area (Å²) in [5, 5.41) is -0.146. The molecule has 0 aliphatic carbocycles. The van der Waals surface area contributed by atoms with Crippen molar-refractivity contribution >= 4 is 21.6 Å². The summed E-state index contributed by atoms with van der Waals surface area (Å²) in [7, 11) is -3.19. The molecule has 1 N–H and O–H groups in total. The van der Waals surface area contributed by atoms with Crippen LogP contribution in [-0.4, -0.2) is 20.2 Å². The molecule has 0 rings (SSSR count). The largest absolute Gasteiger partial charge is 0.214 e. The fourth-order valence-corrected chi connectivity index (χ4v) is 1.20. The summed E-state index contributed by atoms with van der Waals surface area (Å²) in [6.07, 6.45) is 0. The van der Waals surface area contributed by atoms with Gasteiger partial charge < -0.3 is 0 Å². The van der Waals surface area contributed by atoms with Crippen LogP contribution in [0.3, 0.4) is 0 Å². The fraction of sp³-hybridized carbons (Fsp3) is 0.667. The second-order valence-electron chi connectivity index (χ2n) is 2.43. The number of hydrogen-bond donors (Lipinski definition) is 1. The van der Waals surface area contributed by atoms with Gasteiger partial charge in [0.2, 0.25) is 10.0 Å². The number of sulfonamides is 1. The molecule has 0 atom stereocenters. The third kappa shape index (κ3) is 4.40. The van der Waals surface area contributed by atoms with E-state index in [1.807, 2.05) is 0 Å². The Kier molecular flexibility index (Phi) is 4.07. The average Bonchev–Trinajstić information content (AvgIpc) is 1.84. The molecule has 0 spiro atoms. The van der Waals surface area contributed by atoms with Gasteiger partial charge in [-0.25, -0.2) is 13.1 Å². The minimum atomic E-state index is -3.19. The van der Waals surface area contributed by atoms with E-state index in [1.165, 1.54) is 0 Å². The lowest BCUT2D eigenvalue weighted by Gasteiger charge is -2.07. The molecule has 0 amide bonds. The summed E-state index contributed by atoms with van der Waals surface area (Å²) in [4.78, 5) is 0. The molecule has 0 aliphatic rings. The monoisotopic (exact) mass is 197 g/mol. The van der Waals surface area contributed by atoms with Crippen molar-refractivity contribution in [3.8, 4) is 0 Å². The Morgan fingerprint density at radius 2 is 2.09 bits per heavy atom. The van der Waals surface area contributed by atoms with Gasteiger partial charge in [-0.1, -0.05) is 18.2 Å². The van der Waals surface area contributed by atoms with Gasteiger partial charge >= 0.3 is 0 Å². The first kappa shape index (κ1) is 10.9. The fourth-order valence-electron chi connectivity index (χ4n) is 0.346. The first-order valence-electron chi connectivity index (χ1n) is 3.18. The normalized spacial score (nSPS) is 12.0. The van der Waals surface area contributed by atoms with Crippen molar-refractivity contribution in [2.24, 2.45) is 0 Å². The third-order valence-corrected chi connectivity index (χ3v) is 3.01. The molecule has 0 aromatic rings. The topological polar surface area (TPSA) is 46.2 Å². The Hall–Kier alpha value is -0.0600. The van der Waals surface area contributed by atoms with E-state index >= 15 is 0 Å². The summed E-state index contributed by atoms with van der Waals surface area (Å²) in [5.74, 6) is 0. The van der Waals surface area contributed by atoms with E-state index in [2.05, 4.69) is 11.3 Å². The molecule has 0 aromatic heterocycles. The highest BCUT2D eigenvalue weighted by molar-refractivity contribution is 7.90. The number of nitrogens with one attached hydrogen (secondary N) is 1. The van der Waals surface area contributed by atoms with Gasteiger partial charge in [-0.05, 0) is 13.8 Å². The Bertz CT molecular complexity index is 233. The van der Waals surface area contributed by atoms with Gasteiger partial charge in [0.25, 0.3) is 0 Å². The standard InChI is InChI=1S/C6H12ClNO2S/c1-5(2)11(9,10)8-4-6(3)7/h5,8H,3-4H2,1-2H3. The second-order valence-corrected chi connectivity index (χ2v) is 5.29. The maximum atomic E-state index is 11.0. The Morgan fingerprint density at radius 1 is 1.64 bits per heavy atom. The Balaban J connectivity index is 4.05. The van der Waals surface area contributed by atoms with Crippen molar-refractivity contribution < 1.29 is 8.42 Å². The van der Waals surface area contributed by atoms with Gasteiger partial charge in [-0.2, -0.15) is 0 Å². The smallest absolute Gasteiger partial charge is 0.212 e. The van der Waals surface area contributed by atoms with Gasteiger partial charge in [0.1, 0.15) is 0 Å². The van der Waals surface area contributed by atoms with E-state index in [1.54, 1.807) is 13.8 Å². The molecule has 66 valence electrons. The van der Waals surface area contributed by atoms with E-state index in [0.717, 1.165) is 0 Å². The first-order valence-corrected chi connectivity index (χ1v) is 5.10. The molecule has 0 saturated carbocycles. The van der Waals surface area contributed by atoms with Crippen LogP contribution in [0.4, 0.5) is 0 Å². The van der Waals surface area contributed by atoms with Crippen molar-refractivity contribution in [2.75, 3.05) is 6.54 Å². The van der Waals surface area contributed by atoms with Crippen molar-refractivity contribution in [3.05, 3.63) is 11.6 Å². The van der Waals surface area contributed by atoms with Crippen molar-refractivity contribution in [1.29, 1.82) is 0 Å². The minimum Gasteiger partial charge on any atom is -0.212 e. The van der Waals surface area contributed by atoms with E-state index in [4.69, 9.17) is 11.6 Å². The SMILES string of the molecule is C=C(Cl)CNS(=O)(=O)C(C)C. The predicted octanol–water partition coefficient (Wildman–Crippen LogP) is 1.07. The van der Waals surface area contributed by atoms with E-state index < -0.39 is 15.3 Å². The van der Waals surface area contributed by atoms with Crippen LogP contribution in [0.2, 0.25) is 0 Å². The zero-order chi connectivity index (χ0) is 9.07. The summed E-state index contributed by atoms with van der Waals surface area (Å²) < 4.78 is 24.3. The number of hydrogen-bond acceptors (Lipinski definition) is 2. The predicted molar refractivity (Wildman–Crippen MR) is 47.1 cm³/mol. The van der Waals surface area contributed by atoms with Gasteiger partial charge in [0, 0.05) is 11.6 Å². The van der Waals surface area contributed by atoms with Gasteiger partial charge in [0.15, 0.2) is 0 Å². The molecule has 3 nitrogen and oxygen atoms in total. The highest BCUT2D eigenvalue weighted by Gasteiger charge is 2.14. The zero-order valence-corrected chi connectivity index (χ0v) is 8.17. The van der Waals surface area contributed by atoms with Crippen LogP contribution in [-0.2, 0) is 10.0 Å². The quantitative estimate of drug-likeness (QED) is 0.733. The molecule has 0 heterocycles. The first-order chi connectivity index (χ1) is 4.86. The zero-order valence-electron chi connectivity index (χ0n) is 6.59. The van der Waals surface area contributed by atoms with Gasteiger partial charge in [-0.15, -0.1) is 0 Å². The molecule has 0 aromatic carbocycles. The lowest BCUT2D eigenvalue weighted by molar-refractivity contribution is 0.576. The maximum absolute atomic E-state index is 11.0. The van der Waals surface area contributed by atoms with Gasteiger partial charge in [0.05, 0.1) is 5.25 Å². The highest BCUT2D eigenvalue weighted by Crippen LogP contribution is 1.99. The van der Waals surface area contributed by atoms with E-state index in [9.17, 15) is 8.42 Å². The van der Waals surface area contributed by atoms with Crippen molar-refractivity contribution in [2.45, 2.75) is 19.1 Å². The molecule has 5 heteroatoms. The third-order valence-electron chi connectivity index (χ3n) is 1.09. The van der Waals surface area contributed by atoms with Crippen LogP contribution in [0, 0.1) is 0 Å². The van der Waals surface area contributed by atoms with E-state index in [-0.39, 0.29) is 11.6 Å². The Morgan fingerprint density at radius 3 is 2.36 bits per heavy atom. The van der Waals surface area contributed by atoms with Crippen LogP contribution >= 0.6 is 11.6 Å². The van der Waals surface area contributed by atoms with Gasteiger partial charge in [-0.3, -0.25) is 0 Å². The Labute approximate surface area is 72.5 Å². The molecule has 0 bridgehead atoms. The molecule has 0 aliphatic heterocycles. The lowest BCUT2D eigenvalue weighted by Crippen LogP contribution is -2.31. The molecule has 11 heavy (non-hydrogen) atoms. The second kappa shape index (κ2) is 4.09. The van der Waals surface area contributed by atoms with Crippen molar-refractivity contribution in [1.82, 2.24) is 4.72 Å². The average molecular weight is 198 g/mol. The van der Waals surface area contributed by atoms with Crippen LogP contribution in [0.1, 0.15) is 13.8 Å². The summed E-state index contributed by atoms with van der Waals surface area (Å²) in [5.41, 5.74) is 0. The van der Waals surface area contributed by atoms with Crippen molar-refractivity contribution in [3.63, 3.8) is 0 Å². The maximum Gasteiger partial charge on any atom is 0.214 e. The number of rotatable bonds is 4. The summed E-state index contributed by atoms with van der Waals surface area (Å²) in [6.45, 7) is 6.65. The van der Waals surface area contributed by atoms with Crippen LogP contribution in [0.5, 0.6) is 0 Å². The molecule has 0 radical (unpaired) electrons. The molecule has 0 fully saturated rings. The van der Waals surface area contributed by atoms with E-state index in [0.29, 0.717) is 0 Å². The highest BCUT2D eigenvalue weighted by atomic mass is 35.5. The molecule has 0 saturated heterocycles. The van der Waals surface area contributed by atoms with Crippen LogP contribution in [0.15, 0.2) is 11.6 Å². The number of halogens is 1. The molecular weight excluding hydrogens is 186 g/mol. The summed E-state index contributed by atoms with van der Waals surface area (Å²) >= 11 is 5.37. The molecule has 0 unspecified atom stereocenters. The summed E-state index contributed by atoms with van der Waals surface area (Å²) in [6, 6.07) is 0.